The van der Waals surface area contributed by atoms with Gasteiger partial charge in [0.25, 0.3) is 0 Å². The van der Waals surface area contributed by atoms with Crippen molar-refractivity contribution in [2.24, 2.45) is 4.99 Å². The van der Waals surface area contributed by atoms with Crippen molar-refractivity contribution < 1.29 is 0 Å². The van der Waals surface area contributed by atoms with Crippen LogP contribution in [0.2, 0.25) is 0 Å². The maximum Gasteiger partial charge on any atom is 0.0487 e. The Morgan fingerprint density at radius 2 is 2.08 bits per heavy atom. The van der Waals surface area contributed by atoms with Crippen LogP contribution in [0.5, 0.6) is 0 Å². The number of hydrogen-bond acceptors (Lipinski definition) is 1. The van der Waals surface area contributed by atoms with Crippen molar-refractivity contribution >= 4 is 21.6 Å². The van der Waals surface area contributed by atoms with Crippen molar-refractivity contribution in [3.8, 4) is 12.3 Å². The molecule has 0 aromatic heterocycles. The second-order valence-corrected chi connectivity index (χ2v) is 3.10. The first-order valence-corrected chi connectivity index (χ1v) is 5.04. The molecule has 0 heterocycles. The molecule has 0 N–H and O–H groups in total. The van der Waals surface area contributed by atoms with Crippen LogP contribution in [0.4, 0.5) is 0 Å². The van der Waals surface area contributed by atoms with E-state index in [0.29, 0.717) is 0 Å². The SMILES string of the molecule is C#C/C(CC)=C(/C)N=C(C)CBr. The van der Waals surface area contributed by atoms with E-state index in [1.54, 1.807) is 0 Å². The van der Waals surface area contributed by atoms with Crippen molar-refractivity contribution in [3.63, 3.8) is 0 Å². The van der Waals surface area contributed by atoms with Gasteiger partial charge in [-0.3, -0.25) is 4.99 Å². The fourth-order valence-corrected chi connectivity index (χ4v) is 0.971. The number of halogens is 1. The molecule has 0 amide bonds. The quantitative estimate of drug-likeness (QED) is 0.399. The molecule has 0 radical (unpaired) electrons. The Morgan fingerprint density at radius 3 is 2.42 bits per heavy atom. The van der Waals surface area contributed by atoms with E-state index >= 15 is 0 Å². The number of aliphatic imine (C=N–C) groups is 1. The summed E-state index contributed by atoms with van der Waals surface area (Å²) in [4.78, 5) is 4.34. The van der Waals surface area contributed by atoms with Crippen molar-refractivity contribution in [3.05, 3.63) is 11.3 Å². The van der Waals surface area contributed by atoms with Crippen LogP contribution in [0.1, 0.15) is 27.2 Å². The molecule has 0 aromatic carbocycles. The molecule has 0 bridgehead atoms. The van der Waals surface area contributed by atoms with E-state index in [-0.39, 0.29) is 0 Å². The summed E-state index contributed by atoms with van der Waals surface area (Å²) in [6.45, 7) is 5.96. The van der Waals surface area contributed by atoms with Crippen LogP contribution in [0, 0.1) is 12.3 Å². The minimum absolute atomic E-state index is 0.798. The molecule has 12 heavy (non-hydrogen) atoms. The summed E-state index contributed by atoms with van der Waals surface area (Å²) in [5, 5.41) is 0.798. The van der Waals surface area contributed by atoms with Gasteiger partial charge < -0.3 is 0 Å². The van der Waals surface area contributed by atoms with Crippen molar-refractivity contribution in [2.75, 3.05) is 5.33 Å². The number of nitrogens with zero attached hydrogens (tertiary/aromatic N) is 1. The van der Waals surface area contributed by atoms with Crippen LogP contribution < -0.4 is 0 Å². The highest BCUT2D eigenvalue weighted by Gasteiger charge is 1.95. The lowest BCUT2D eigenvalue weighted by atomic mass is 10.2. The van der Waals surface area contributed by atoms with Crippen LogP contribution in [-0.4, -0.2) is 11.0 Å². The van der Waals surface area contributed by atoms with Crippen LogP contribution in [0.15, 0.2) is 16.3 Å². The highest BCUT2D eigenvalue weighted by Crippen LogP contribution is 2.08. The smallest absolute Gasteiger partial charge is 0.0487 e. The van der Waals surface area contributed by atoms with E-state index in [2.05, 4.69) is 26.8 Å². The third-order valence-electron chi connectivity index (χ3n) is 1.52. The van der Waals surface area contributed by atoms with Gasteiger partial charge in [-0.1, -0.05) is 28.8 Å². The first-order valence-electron chi connectivity index (χ1n) is 3.92. The van der Waals surface area contributed by atoms with Gasteiger partial charge >= 0.3 is 0 Å². The Kier molecular flexibility index (Phi) is 5.74. The molecule has 0 aliphatic rings. The van der Waals surface area contributed by atoms with Crippen LogP contribution >= 0.6 is 15.9 Å². The molecule has 0 saturated heterocycles. The summed E-state index contributed by atoms with van der Waals surface area (Å²) >= 11 is 3.33. The number of rotatable bonds is 3. The summed E-state index contributed by atoms with van der Waals surface area (Å²) in [5.41, 5.74) is 2.99. The van der Waals surface area contributed by atoms with Gasteiger partial charge in [0, 0.05) is 22.3 Å². The Bertz CT molecular complexity index is 243. The van der Waals surface area contributed by atoms with Gasteiger partial charge in [0.05, 0.1) is 0 Å². The molecule has 0 saturated carbocycles. The van der Waals surface area contributed by atoms with Gasteiger partial charge in [0.1, 0.15) is 0 Å². The number of hydrogen-bond donors (Lipinski definition) is 0. The molecular weight excluding hydrogens is 214 g/mol. The summed E-state index contributed by atoms with van der Waals surface area (Å²) in [5.74, 6) is 2.64. The highest BCUT2D eigenvalue weighted by molar-refractivity contribution is 9.09. The second kappa shape index (κ2) is 6.02. The van der Waals surface area contributed by atoms with Crippen LogP contribution in [-0.2, 0) is 0 Å². The van der Waals surface area contributed by atoms with Gasteiger partial charge in [0.15, 0.2) is 0 Å². The molecule has 0 aliphatic carbocycles. The fraction of sp³-hybridized carbons (Fsp3) is 0.500. The van der Waals surface area contributed by atoms with Crippen LogP contribution in [0.3, 0.4) is 0 Å². The summed E-state index contributed by atoms with van der Waals surface area (Å²) in [6, 6.07) is 0. The molecule has 0 rings (SSSR count). The van der Waals surface area contributed by atoms with Gasteiger partial charge in [-0.05, 0) is 20.3 Å². The predicted molar refractivity (Wildman–Crippen MR) is 58.7 cm³/mol. The van der Waals surface area contributed by atoms with Gasteiger partial charge in [-0.25, -0.2) is 0 Å². The molecule has 2 heteroatoms. The highest BCUT2D eigenvalue weighted by atomic mass is 79.9. The van der Waals surface area contributed by atoms with E-state index in [1.807, 2.05) is 20.8 Å². The molecular formula is C10H14BrN. The molecule has 66 valence electrons. The number of allylic oxidation sites excluding steroid dienone is 2. The Hall–Kier alpha value is -0.550. The second-order valence-electron chi connectivity index (χ2n) is 2.54. The van der Waals surface area contributed by atoms with Crippen molar-refractivity contribution in [2.45, 2.75) is 27.2 Å². The van der Waals surface area contributed by atoms with Gasteiger partial charge in [-0.2, -0.15) is 0 Å². The third-order valence-corrected chi connectivity index (χ3v) is 2.33. The Morgan fingerprint density at radius 1 is 1.50 bits per heavy atom. The topological polar surface area (TPSA) is 12.4 Å². The predicted octanol–water partition coefficient (Wildman–Crippen LogP) is 3.16. The van der Waals surface area contributed by atoms with E-state index in [9.17, 15) is 0 Å². The molecule has 0 atom stereocenters. The zero-order chi connectivity index (χ0) is 9.56. The van der Waals surface area contributed by atoms with Crippen molar-refractivity contribution in [1.82, 2.24) is 0 Å². The molecule has 0 aromatic rings. The van der Waals surface area contributed by atoms with E-state index in [0.717, 1.165) is 28.7 Å². The molecule has 1 nitrogen and oxygen atoms in total. The first kappa shape index (κ1) is 11.4. The van der Waals surface area contributed by atoms with Gasteiger partial charge in [0.2, 0.25) is 0 Å². The summed E-state index contributed by atoms with van der Waals surface area (Å²) in [6.07, 6.45) is 6.19. The molecule has 0 spiro atoms. The standard InChI is InChI=1S/C10H14BrN/c1-5-10(6-2)9(4)12-8(3)7-11/h1H,6-7H2,2-4H3/b10-9+,12-8?. The lowest BCUT2D eigenvalue weighted by Gasteiger charge is -1.99. The molecule has 0 aliphatic heterocycles. The zero-order valence-corrected chi connectivity index (χ0v) is 9.40. The first-order chi connectivity index (χ1) is 5.65. The van der Waals surface area contributed by atoms with E-state index < -0.39 is 0 Å². The lowest BCUT2D eigenvalue weighted by molar-refractivity contribution is 1.10. The summed E-state index contributed by atoms with van der Waals surface area (Å²) in [7, 11) is 0. The Labute approximate surface area is 83.1 Å². The average molecular weight is 228 g/mol. The van der Waals surface area contributed by atoms with Crippen LogP contribution in [0.25, 0.3) is 0 Å². The third kappa shape index (κ3) is 3.73. The van der Waals surface area contributed by atoms with Crippen molar-refractivity contribution in [1.29, 1.82) is 0 Å². The minimum Gasteiger partial charge on any atom is -0.261 e. The molecule has 0 fully saturated rings. The number of terminal acetylenes is 1. The summed E-state index contributed by atoms with van der Waals surface area (Å²) < 4.78 is 0. The zero-order valence-electron chi connectivity index (χ0n) is 7.82. The Balaban J connectivity index is 4.68. The number of alkyl halides is 1. The maximum absolute atomic E-state index is 5.31. The normalized spacial score (nSPS) is 13.8. The van der Waals surface area contributed by atoms with E-state index in [4.69, 9.17) is 6.42 Å². The maximum atomic E-state index is 5.31. The van der Waals surface area contributed by atoms with E-state index in [1.165, 1.54) is 0 Å². The monoisotopic (exact) mass is 227 g/mol. The largest absolute Gasteiger partial charge is 0.261 e. The molecule has 0 unspecified atom stereocenters. The lowest BCUT2D eigenvalue weighted by Crippen LogP contribution is -1.93. The average Bonchev–Trinajstić information content (AvgIpc) is 2.06. The van der Waals surface area contributed by atoms with Gasteiger partial charge in [-0.15, -0.1) is 6.42 Å². The fourth-order valence-electron chi connectivity index (χ4n) is 0.846. The minimum atomic E-state index is 0.798.